The number of H-pyrrole nitrogens is 2. The number of fused-ring (bicyclic) bond motifs is 2. The molecule has 4 aromatic rings. The molecule has 3 heterocycles. The van der Waals surface area contributed by atoms with Crippen LogP contribution in [0.25, 0.3) is 21.8 Å². The van der Waals surface area contributed by atoms with E-state index in [2.05, 4.69) is 27.1 Å². The Morgan fingerprint density at radius 1 is 1.07 bits per heavy atom. The van der Waals surface area contributed by atoms with E-state index in [0.717, 1.165) is 53.1 Å². The number of aliphatic hydroxyl groups is 1. The van der Waals surface area contributed by atoms with Gasteiger partial charge in [-0.1, -0.05) is 17.7 Å². The standard InChI is InChI=1S/C24H26ClN3O2/c25-17-4-5-23-20(12-17)21(13-27-23)16-7-10-28(11-8-16)14-18(29)15-30-24-3-1-2-22-19(24)6-9-26-22/h1-6,9,12-13,16,18,26-27,29H,7-8,10-11,14-15H2/t18-/m0/s1. The Morgan fingerprint density at radius 3 is 2.77 bits per heavy atom. The molecule has 5 rings (SSSR count). The van der Waals surface area contributed by atoms with Gasteiger partial charge < -0.3 is 24.7 Å². The third kappa shape index (κ3) is 3.93. The van der Waals surface area contributed by atoms with Crippen molar-refractivity contribution in [2.24, 2.45) is 0 Å². The predicted octanol–water partition coefficient (Wildman–Crippen LogP) is 4.92. The fraction of sp³-hybridized carbons (Fsp3) is 0.333. The van der Waals surface area contributed by atoms with Crippen molar-refractivity contribution in [3.8, 4) is 5.75 Å². The van der Waals surface area contributed by atoms with Gasteiger partial charge in [0.05, 0.1) is 0 Å². The number of β-amino-alcohol motifs (C(OH)–C–C–N with tert-alkyl or cyclic N) is 1. The van der Waals surface area contributed by atoms with Gasteiger partial charge in [0.25, 0.3) is 0 Å². The summed E-state index contributed by atoms with van der Waals surface area (Å²) in [5.41, 5.74) is 3.54. The van der Waals surface area contributed by atoms with Crippen LogP contribution in [0.5, 0.6) is 5.75 Å². The summed E-state index contributed by atoms with van der Waals surface area (Å²) < 4.78 is 5.91. The van der Waals surface area contributed by atoms with Crippen LogP contribution in [0.15, 0.2) is 54.9 Å². The first-order valence-corrected chi connectivity index (χ1v) is 10.9. The predicted molar refractivity (Wildman–Crippen MR) is 122 cm³/mol. The van der Waals surface area contributed by atoms with Crippen LogP contribution in [0.3, 0.4) is 0 Å². The molecule has 0 saturated carbocycles. The fourth-order valence-electron chi connectivity index (χ4n) is 4.60. The van der Waals surface area contributed by atoms with Gasteiger partial charge in [-0.05, 0) is 73.8 Å². The summed E-state index contributed by atoms with van der Waals surface area (Å²) >= 11 is 6.20. The second kappa shape index (κ2) is 8.34. The number of piperidine rings is 1. The monoisotopic (exact) mass is 423 g/mol. The normalized spacial score (nSPS) is 17.0. The van der Waals surface area contributed by atoms with Gasteiger partial charge in [-0.15, -0.1) is 0 Å². The summed E-state index contributed by atoms with van der Waals surface area (Å²) in [6.45, 7) is 2.88. The summed E-state index contributed by atoms with van der Waals surface area (Å²) in [6, 6.07) is 13.9. The van der Waals surface area contributed by atoms with Gasteiger partial charge in [0.15, 0.2) is 0 Å². The van der Waals surface area contributed by atoms with Crippen molar-refractivity contribution < 1.29 is 9.84 Å². The quantitative estimate of drug-likeness (QED) is 0.412. The average molecular weight is 424 g/mol. The van der Waals surface area contributed by atoms with Gasteiger partial charge in [0, 0.05) is 45.8 Å². The van der Waals surface area contributed by atoms with Crippen LogP contribution in [-0.4, -0.2) is 52.3 Å². The lowest BCUT2D eigenvalue weighted by Gasteiger charge is -2.33. The molecule has 5 nitrogen and oxygen atoms in total. The molecule has 0 radical (unpaired) electrons. The summed E-state index contributed by atoms with van der Waals surface area (Å²) in [7, 11) is 0. The molecular weight excluding hydrogens is 398 g/mol. The van der Waals surface area contributed by atoms with Gasteiger partial charge in [0.2, 0.25) is 0 Å². The van der Waals surface area contributed by atoms with E-state index in [4.69, 9.17) is 16.3 Å². The maximum Gasteiger partial charge on any atom is 0.128 e. The molecule has 2 aromatic heterocycles. The highest BCUT2D eigenvalue weighted by Gasteiger charge is 2.24. The topological polar surface area (TPSA) is 64.3 Å². The highest BCUT2D eigenvalue weighted by Crippen LogP contribution is 2.34. The molecule has 30 heavy (non-hydrogen) atoms. The maximum atomic E-state index is 10.5. The smallest absolute Gasteiger partial charge is 0.128 e. The van der Waals surface area contributed by atoms with Gasteiger partial charge in [-0.25, -0.2) is 0 Å². The summed E-state index contributed by atoms with van der Waals surface area (Å²) in [6.07, 6.45) is 5.68. The van der Waals surface area contributed by atoms with E-state index in [1.165, 1.54) is 10.9 Å². The van der Waals surface area contributed by atoms with E-state index < -0.39 is 6.10 Å². The maximum absolute atomic E-state index is 10.5. The number of nitrogens with zero attached hydrogens (tertiary/aromatic N) is 1. The molecule has 156 valence electrons. The molecule has 1 atom stereocenters. The number of rotatable bonds is 6. The van der Waals surface area contributed by atoms with Crippen LogP contribution < -0.4 is 4.74 Å². The molecule has 2 aromatic carbocycles. The van der Waals surface area contributed by atoms with Gasteiger partial charge in [-0.2, -0.15) is 0 Å². The van der Waals surface area contributed by atoms with Crippen molar-refractivity contribution in [1.82, 2.24) is 14.9 Å². The Balaban J connectivity index is 1.15. The van der Waals surface area contributed by atoms with Gasteiger partial charge in [0.1, 0.15) is 18.5 Å². The first kappa shape index (κ1) is 19.5. The van der Waals surface area contributed by atoms with E-state index in [-0.39, 0.29) is 0 Å². The second-order valence-corrected chi connectivity index (χ2v) is 8.61. The van der Waals surface area contributed by atoms with Crippen LogP contribution in [-0.2, 0) is 0 Å². The lowest BCUT2D eigenvalue weighted by atomic mass is 9.89. The summed E-state index contributed by atoms with van der Waals surface area (Å²) in [5.74, 6) is 1.33. The van der Waals surface area contributed by atoms with Gasteiger partial charge in [-0.3, -0.25) is 0 Å². The molecular formula is C24H26ClN3O2. The van der Waals surface area contributed by atoms with E-state index >= 15 is 0 Å². The summed E-state index contributed by atoms with van der Waals surface area (Å²) in [5, 5.41) is 13.6. The molecule has 3 N–H and O–H groups in total. The second-order valence-electron chi connectivity index (χ2n) is 8.17. The third-order valence-electron chi connectivity index (χ3n) is 6.16. The zero-order chi connectivity index (χ0) is 20.5. The number of aliphatic hydroxyl groups excluding tert-OH is 1. The van der Waals surface area contributed by atoms with Crippen molar-refractivity contribution in [3.63, 3.8) is 0 Å². The number of hydrogen-bond donors (Lipinski definition) is 3. The largest absolute Gasteiger partial charge is 0.490 e. The number of hydrogen-bond acceptors (Lipinski definition) is 3. The first-order valence-electron chi connectivity index (χ1n) is 10.5. The van der Waals surface area contributed by atoms with Crippen molar-refractivity contribution in [3.05, 3.63) is 65.4 Å². The Kier molecular flexibility index (Phi) is 5.42. The molecule has 0 unspecified atom stereocenters. The first-order chi connectivity index (χ1) is 14.7. The van der Waals surface area contributed by atoms with Crippen LogP contribution in [0.1, 0.15) is 24.3 Å². The lowest BCUT2D eigenvalue weighted by molar-refractivity contribution is 0.0599. The lowest BCUT2D eigenvalue weighted by Crippen LogP contribution is -2.40. The minimum atomic E-state index is -0.511. The zero-order valence-corrected chi connectivity index (χ0v) is 17.5. The Hall–Kier alpha value is -2.47. The van der Waals surface area contributed by atoms with Crippen LogP contribution in [0, 0.1) is 0 Å². The SMILES string of the molecule is O[C@H](COc1cccc2[nH]ccc12)CN1CCC(c2c[nH]c3ccc(Cl)cc23)CC1. The zero-order valence-electron chi connectivity index (χ0n) is 16.8. The molecule has 0 aliphatic carbocycles. The van der Waals surface area contributed by atoms with Crippen LogP contribution in [0.2, 0.25) is 5.02 Å². The Morgan fingerprint density at radius 2 is 1.90 bits per heavy atom. The minimum Gasteiger partial charge on any atom is -0.490 e. The summed E-state index contributed by atoms with van der Waals surface area (Å²) in [4.78, 5) is 8.89. The van der Waals surface area contributed by atoms with Crippen LogP contribution in [0.4, 0.5) is 0 Å². The van der Waals surface area contributed by atoms with Crippen molar-refractivity contribution in [1.29, 1.82) is 0 Å². The molecule has 0 spiro atoms. The van der Waals surface area contributed by atoms with E-state index in [0.29, 0.717) is 19.1 Å². The van der Waals surface area contributed by atoms with Gasteiger partial charge >= 0.3 is 0 Å². The molecule has 1 aliphatic rings. The van der Waals surface area contributed by atoms with E-state index in [9.17, 15) is 5.11 Å². The minimum absolute atomic E-state index is 0.297. The molecule has 0 amide bonds. The van der Waals surface area contributed by atoms with Crippen molar-refractivity contribution in [2.45, 2.75) is 24.9 Å². The molecule has 0 bridgehead atoms. The highest BCUT2D eigenvalue weighted by molar-refractivity contribution is 6.31. The number of benzene rings is 2. The van der Waals surface area contributed by atoms with Crippen molar-refractivity contribution >= 4 is 33.4 Å². The van der Waals surface area contributed by atoms with Crippen LogP contribution >= 0.6 is 11.6 Å². The number of nitrogens with one attached hydrogen (secondary N) is 2. The fourth-order valence-corrected chi connectivity index (χ4v) is 4.77. The molecule has 1 fully saturated rings. The van der Waals surface area contributed by atoms with Crippen molar-refractivity contribution in [2.75, 3.05) is 26.2 Å². The van der Waals surface area contributed by atoms with E-state index in [1.54, 1.807) is 0 Å². The number of aromatic nitrogens is 2. The number of ether oxygens (including phenoxy) is 1. The highest BCUT2D eigenvalue weighted by atomic mass is 35.5. The Labute approximate surface area is 180 Å². The average Bonchev–Trinajstić information content (AvgIpc) is 3.40. The number of aromatic amines is 2. The number of likely N-dealkylation sites (tertiary alicyclic amines) is 1. The number of halogens is 1. The Bertz CT molecular complexity index is 1140. The molecule has 6 heteroatoms. The van der Waals surface area contributed by atoms with E-state index in [1.807, 2.05) is 42.6 Å². The third-order valence-corrected chi connectivity index (χ3v) is 6.39. The molecule has 1 saturated heterocycles. The molecule has 1 aliphatic heterocycles.